The lowest BCUT2D eigenvalue weighted by molar-refractivity contribution is 0.0945. The number of hydrogen-bond acceptors (Lipinski definition) is 5. The molecule has 138 valence electrons. The van der Waals surface area contributed by atoms with Crippen molar-refractivity contribution in [3.05, 3.63) is 78.0 Å². The molecular formula is C21H20N2O4. The summed E-state index contributed by atoms with van der Waals surface area (Å²) in [4.78, 5) is 16.6. The molecule has 1 saturated carbocycles. The maximum atomic E-state index is 12.4. The molecule has 3 aromatic rings. The van der Waals surface area contributed by atoms with Crippen LogP contribution in [0.2, 0.25) is 0 Å². The predicted molar refractivity (Wildman–Crippen MR) is 98.9 cm³/mol. The van der Waals surface area contributed by atoms with Gasteiger partial charge in [-0.15, -0.1) is 0 Å². The first-order valence-electron chi connectivity index (χ1n) is 8.80. The SMILES string of the molecule is COc1cccc(OCc2nc(C(=O)N[C@@H]3C[C@H]3c3ccccc3)co2)c1. The molecule has 1 aromatic heterocycles. The van der Waals surface area contributed by atoms with Crippen molar-refractivity contribution >= 4 is 5.91 Å². The molecule has 0 saturated heterocycles. The summed E-state index contributed by atoms with van der Waals surface area (Å²) in [5.41, 5.74) is 1.51. The van der Waals surface area contributed by atoms with Gasteiger partial charge in [0.25, 0.3) is 5.91 Å². The van der Waals surface area contributed by atoms with Crippen molar-refractivity contribution < 1.29 is 18.7 Å². The number of benzene rings is 2. The molecule has 0 bridgehead atoms. The van der Waals surface area contributed by atoms with E-state index in [1.165, 1.54) is 11.8 Å². The molecule has 27 heavy (non-hydrogen) atoms. The Balaban J connectivity index is 1.30. The first-order valence-corrected chi connectivity index (χ1v) is 8.80. The van der Waals surface area contributed by atoms with Crippen LogP contribution in [0.5, 0.6) is 11.5 Å². The summed E-state index contributed by atoms with van der Waals surface area (Å²) in [5, 5.41) is 3.00. The van der Waals surface area contributed by atoms with Gasteiger partial charge >= 0.3 is 0 Å². The summed E-state index contributed by atoms with van der Waals surface area (Å²) in [6.45, 7) is 0.135. The Morgan fingerprint density at radius 2 is 2.00 bits per heavy atom. The van der Waals surface area contributed by atoms with Crippen LogP contribution in [0.3, 0.4) is 0 Å². The standard InChI is InChI=1S/C21H20N2O4/c1-25-15-8-5-9-16(10-15)26-13-20-22-19(12-27-20)21(24)23-18-11-17(18)14-6-3-2-4-7-14/h2-10,12,17-18H,11,13H2,1H3,(H,23,24)/t17-,18+/m0/s1. The monoisotopic (exact) mass is 364 g/mol. The van der Waals surface area contributed by atoms with Gasteiger partial charge in [-0.1, -0.05) is 36.4 Å². The minimum Gasteiger partial charge on any atom is -0.497 e. The lowest BCUT2D eigenvalue weighted by Crippen LogP contribution is -2.26. The van der Waals surface area contributed by atoms with Crippen molar-refractivity contribution in [1.82, 2.24) is 10.3 Å². The van der Waals surface area contributed by atoms with Crippen molar-refractivity contribution in [2.24, 2.45) is 0 Å². The number of ether oxygens (including phenoxy) is 2. The van der Waals surface area contributed by atoms with Crippen LogP contribution >= 0.6 is 0 Å². The Bertz CT molecular complexity index is 923. The molecule has 1 aliphatic carbocycles. The molecule has 2 aromatic carbocycles. The van der Waals surface area contributed by atoms with E-state index in [-0.39, 0.29) is 24.2 Å². The Morgan fingerprint density at radius 3 is 2.81 bits per heavy atom. The van der Waals surface area contributed by atoms with Gasteiger partial charge in [0.15, 0.2) is 12.3 Å². The number of amides is 1. The van der Waals surface area contributed by atoms with Crippen molar-refractivity contribution in [2.75, 3.05) is 7.11 Å². The molecule has 2 atom stereocenters. The zero-order valence-corrected chi connectivity index (χ0v) is 14.9. The van der Waals surface area contributed by atoms with Gasteiger partial charge in [0.2, 0.25) is 5.89 Å². The quantitative estimate of drug-likeness (QED) is 0.694. The van der Waals surface area contributed by atoms with Crippen LogP contribution in [0, 0.1) is 0 Å². The van der Waals surface area contributed by atoms with Crippen LogP contribution in [0.25, 0.3) is 0 Å². The summed E-state index contributed by atoms with van der Waals surface area (Å²) in [6.07, 6.45) is 2.30. The number of hydrogen-bond donors (Lipinski definition) is 1. The molecule has 0 spiro atoms. The maximum absolute atomic E-state index is 12.4. The van der Waals surface area contributed by atoms with Crippen molar-refractivity contribution in [1.29, 1.82) is 0 Å². The van der Waals surface area contributed by atoms with Gasteiger partial charge in [-0.25, -0.2) is 4.98 Å². The summed E-state index contributed by atoms with van der Waals surface area (Å²) >= 11 is 0. The average molecular weight is 364 g/mol. The third-order valence-corrected chi connectivity index (χ3v) is 4.52. The van der Waals surface area contributed by atoms with Crippen molar-refractivity contribution in [3.8, 4) is 11.5 Å². The second-order valence-electron chi connectivity index (χ2n) is 6.43. The van der Waals surface area contributed by atoms with Crippen LogP contribution in [0.1, 0.15) is 34.3 Å². The molecule has 6 heteroatoms. The number of nitrogens with zero attached hydrogens (tertiary/aromatic N) is 1. The fraction of sp³-hybridized carbons (Fsp3) is 0.238. The van der Waals surface area contributed by atoms with E-state index in [9.17, 15) is 4.79 Å². The van der Waals surface area contributed by atoms with Gasteiger partial charge in [-0.2, -0.15) is 0 Å². The van der Waals surface area contributed by atoms with Gasteiger partial charge in [0, 0.05) is 18.0 Å². The van der Waals surface area contributed by atoms with Crippen LogP contribution in [0.15, 0.2) is 65.3 Å². The van der Waals surface area contributed by atoms with Gasteiger partial charge in [0.05, 0.1) is 7.11 Å². The third-order valence-electron chi connectivity index (χ3n) is 4.52. The predicted octanol–water partition coefficient (Wildman–Crippen LogP) is 3.55. The van der Waals surface area contributed by atoms with Crippen molar-refractivity contribution in [3.63, 3.8) is 0 Å². The summed E-state index contributed by atoms with van der Waals surface area (Å²) in [5.74, 6) is 1.84. The van der Waals surface area contributed by atoms with E-state index in [1.807, 2.05) is 36.4 Å². The van der Waals surface area contributed by atoms with E-state index in [1.54, 1.807) is 13.2 Å². The minimum absolute atomic E-state index is 0.135. The first kappa shape index (κ1) is 17.1. The first-order chi connectivity index (χ1) is 13.2. The zero-order valence-electron chi connectivity index (χ0n) is 14.9. The van der Waals surface area contributed by atoms with E-state index in [2.05, 4.69) is 22.4 Å². The second kappa shape index (κ2) is 7.53. The topological polar surface area (TPSA) is 73.6 Å². The van der Waals surface area contributed by atoms with Gasteiger partial charge in [-0.05, 0) is 24.1 Å². The molecule has 0 radical (unpaired) electrons. The zero-order chi connectivity index (χ0) is 18.6. The lowest BCUT2D eigenvalue weighted by Gasteiger charge is -2.05. The van der Waals surface area contributed by atoms with Crippen LogP contribution in [-0.2, 0) is 6.61 Å². The molecular weight excluding hydrogens is 344 g/mol. The molecule has 0 aliphatic heterocycles. The Hall–Kier alpha value is -3.28. The van der Waals surface area contributed by atoms with Gasteiger partial charge in [0.1, 0.15) is 17.8 Å². The highest BCUT2D eigenvalue weighted by Crippen LogP contribution is 2.40. The summed E-state index contributed by atoms with van der Waals surface area (Å²) in [6, 6.07) is 17.6. The number of carbonyl (C=O) groups excluding carboxylic acids is 1. The minimum atomic E-state index is -0.227. The van der Waals surface area contributed by atoms with E-state index in [0.29, 0.717) is 23.3 Å². The number of aromatic nitrogens is 1. The molecule has 1 aliphatic rings. The highest BCUT2D eigenvalue weighted by Gasteiger charge is 2.39. The van der Waals surface area contributed by atoms with Crippen molar-refractivity contribution in [2.45, 2.75) is 25.0 Å². The van der Waals surface area contributed by atoms with Gasteiger partial charge < -0.3 is 19.2 Å². The molecule has 1 N–H and O–H groups in total. The number of rotatable bonds is 7. The molecule has 1 fully saturated rings. The highest BCUT2D eigenvalue weighted by atomic mass is 16.5. The van der Waals surface area contributed by atoms with Gasteiger partial charge in [-0.3, -0.25) is 4.79 Å². The maximum Gasteiger partial charge on any atom is 0.273 e. The van der Waals surface area contributed by atoms with Crippen LogP contribution in [-0.4, -0.2) is 24.0 Å². The summed E-state index contributed by atoms with van der Waals surface area (Å²) in [7, 11) is 1.60. The smallest absolute Gasteiger partial charge is 0.273 e. The fourth-order valence-corrected chi connectivity index (χ4v) is 2.98. The number of nitrogens with one attached hydrogen (secondary N) is 1. The lowest BCUT2D eigenvalue weighted by atomic mass is 10.1. The molecule has 1 heterocycles. The Labute approximate surface area is 157 Å². The van der Waals surface area contributed by atoms with E-state index < -0.39 is 0 Å². The second-order valence-corrected chi connectivity index (χ2v) is 6.43. The van der Waals surface area contributed by atoms with Crippen LogP contribution in [0.4, 0.5) is 0 Å². The largest absolute Gasteiger partial charge is 0.497 e. The Morgan fingerprint density at radius 1 is 1.19 bits per heavy atom. The Kier molecular flexibility index (Phi) is 4.78. The molecule has 6 nitrogen and oxygen atoms in total. The number of methoxy groups -OCH3 is 1. The van der Waals surface area contributed by atoms with Crippen LogP contribution < -0.4 is 14.8 Å². The van der Waals surface area contributed by atoms with E-state index >= 15 is 0 Å². The number of oxazole rings is 1. The number of carbonyl (C=O) groups is 1. The molecule has 4 rings (SSSR count). The highest BCUT2D eigenvalue weighted by molar-refractivity contribution is 5.92. The fourth-order valence-electron chi connectivity index (χ4n) is 2.98. The normalized spacial score (nSPS) is 18.0. The average Bonchev–Trinajstić information content (AvgIpc) is 3.31. The molecule has 0 unspecified atom stereocenters. The summed E-state index contributed by atoms with van der Waals surface area (Å²) < 4.78 is 16.1. The van der Waals surface area contributed by atoms with E-state index in [4.69, 9.17) is 13.9 Å². The van der Waals surface area contributed by atoms with E-state index in [0.717, 1.165) is 6.42 Å². The third kappa shape index (κ3) is 4.11. The molecule has 1 amide bonds.